The van der Waals surface area contributed by atoms with Crippen molar-refractivity contribution >= 4 is 24.0 Å². The molecule has 3 rings (SSSR count). The van der Waals surface area contributed by atoms with Crippen molar-refractivity contribution in [2.75, 3.05) is 13.2 Å². The van der Waals surface area contributed by atoms with Gasteiger partial charge in [-0.15, -0.1) is 5.10 Å². The van der Waals surface area contributed by atoms with E-state index in [4.69, 9.17) is 28.8 Å². The number of esters is 3. The van der Waals surface area contributed by atoms with Crippen molar-refractivity contribution in [1.82, 2.24) is 10.2 Å². The van der Waals surface area contributed by atoms with Gasteiger partial charge in [0.25, 0.3) is 0 Å². The van der Waals surface area contributed by atoms with Crippen LogP contribution in [0.3, 0.4) is 0 Å². The number of benzene rings is 1. The van der Waals surface area contributed by atoms with Crippen molar-refractivity contribution < 1.29 is 43.2 Å². The van der Waals surface area contributed by atoms with Crippen LogP contribution in [0.15, 0.2) is 24.3 Å². The Morgan fingerprint density at radius 1 is 1.15 bits per heavy atom. The molecule has 41 heavy (non-hydrogen) atoms. The number of aromatic amines is 1. The van der Waals surface area contributed by atoms with Gasteiger partial charge in [-0.1, -0.05) is 44.2 Å². The number of aryl methyl sites for hydroxylation is 1. The van der Waals surface area contributed by atoms with Gasteiger partial charge >= 0.3 is 17.9 Å². The van der Waals surface area contributed by atoms with E-state index in [-0.39, 0.29) is 25.6 Å². The highest BCUT2D eigenvalue weighted by Crippen LogP contribution is 2.33. The van der Waals surface area contributed by atoms with Gasteiger partial charge in [-0.3, -0.25) is 19.5 Å². The van der Waals surface area contributed by atoms with Crippen LogP contribution in [0.1, 0.15) is 81.3 Å². The number of nitrogens with zero attached hydrogens (tertiary/aromatic N) is 1. The van der Waals surface area contributed by atoms with Gasteiger partial charge in [0.2, 0.25) is 12.2 Å². The molecule has 0 saturated carbocycles. The quantitative estimate of drug-likeness (QED) is 0.285. The van der Waals surface area contributed by atoms with Crippen molar-refractivity contribution in [3.8, 4) is 5.88 Å². The molecule has 2 N–H and O–H groups in total. The first-order valence-electron chi connectivity index (χ1n) is 13.7. The lowest BCUT2D eigenvalue weighted by Gasteiger charge is -2.39. The molecule has 0 aliphatic carbocycles. The normalized spacial score (nSPS) is 20.7. The van der Waals surface area contributed by atoms with Crippen LogP contribution in [-0.2, 0) is 39.8 Å². The van der Waals surface area contributed by atoms with E-state index in [1.807, 2.05) is 25.1 Å². The molecule has 1 aliphatic rings. The molecule has 1 aliphatic heterocycles. The number of ether oxygens (including phenoxy) is 5. The highest BCUT2D eigenvalue weighted by molar-refractivity contribution is 5.67. The Morgan fingerprint density at radius 3 is 2.49 bits per heavy atom. The van der Waals surface area contributed by atoms with Crippen LogP contribution in [0, 0.1) is 6.92 Å². The molecule has 2 heterocycles. The molecule has 1 aromatic heterocycles. The molecule has 4 atom stereocenters. The number of aliphatic hydroxyl groups is 1. The number of aromatic nitrogens is 2. The first-order valence-corrected chi connectivity index (χ1v) is 13.7. The zero-order valence-electron chi connectivity index (χ0n) is 24.5. The van der Waals surface area contributed by atoms with E-state index >= 15 is 0 Å². The number of hydrogen-bond donors (Lipinski definition) is 2. The first kappa shape index (κ1) is 31.8. The minimum Gasteiger partial charge on any atom is -0.463 e. The summed E-state index contributed by atoms with van der Waals surface area (Å²) in [5.41, 5.74) is 4.99. The highest BCUT2D eigenvalue weighted by atomic mass is 16.7. The van der Waals surface area contributed by atoms with Gasteiger partial charge in [-0.2, -0.15) is 0 Å². The summed E-state index contributed by atoms with van der Waals surface area (Å²) in [6, 6.07) is 6.16. The minimum atomic E-state index is -0.993. The summed E-state index contributed by atoms with van der Waals surface area (Å²) in [6.07, 6.45) is 1.35. The summed E-state index contributed by atoms with van der Waals surface area (Å²) < 4.78 is 28.4. The van der Waals surface area contributed by atoms with Gasteiger partial charge in [-0.25, -0.2) is 0 Å². The highest BCUT2D eigenvalue weighted by Gasteiger charge is 2.45. The van der Waals surface area contributed by atoms with Crippen LogP contribution in [0.5, 0.6) is 5.88 Å². The molecule has 0 radical (unpaired) electrons. The topological polar surface area (TPSA) is 146 Å². The van der Waals surface area contributed by atoms with Gasteiger partial charge in [0.05, 0.1) is 6.42 Å². The van der Waals surface area contributed by atoms with Crippen molar-refractivity contribution in [2.24, 2.45) is 0 Å². The van der Waals surface area contributed by atoms with E-state index in [9.17, 15) is 14.4 Å². The lowest BCUT2D eigenvalue weighted by molar-refractivity contribution is -0.246. The van der Waals surface area contributed by atoms with Gasteiger partial charge in [0.1, 0.15) is 18.8 Å². The predicted octanol–water partition coefficient (Wildman–Crippen LogP) is 3.75. The lowest BCUT2D eigenvalue weighted by Crippen LogP contribution is -2.54. The maximum absolute atomic E-state index is 11.9. The average Bonchev–Trinajstić information content (AvgIpc) is 3.27. The Bertz CT molecular complexity index is 1240. The van der Waals surface area contributed by atoms with Crippen molar-refractivity contribution in [3.63, 3.8) is 0 Å². The third-order valence-electron chi connectivity index (χ3n) is 6.58. The number of H-pyrrole nitrogens is 1. The van der Waals surface area contributed by atoms with Crippen LogP contribution >= 0.6 is 0 Å². The van der Waals surface area contributed by atoms with E-state index in [1.165, 1.54) is 20.8 Å². The number of carbonyl (C=O) groups excluding carboxylic acids is 3. The molecular weight excluding hydrogens is 532 g/mol. The van der Waals surface area contributed by atoms with E-state index in [2.05, 4.69) is 36.2 Å². The Balaban J connectivity index is 1.88. The molecule has 11 nitrogen and oxygen atoms in total. The molecule has 1 aromatic carbocycles. The second-order valence-corrected chi connectivity index (χ2v) is 10.3. The number of aliphatic hydroxyl groups excluding tert-OH is 1. The number of nitrogens with one attached hydrogen (secondary N) is 1. The van der Waals surface area contributed by atoms with Crippen LogP contribution < -0.4 is 4.74 Å². The maximum atomic E-state index is 11.9. The van der Waals surface area contributed by atoms with Crippen LogP contribution in [0.2, 0.25) is 0 Å². The second-order valence-electron chi connectivity index (χ2n) is 10.3. The fraction of sp³-hybridized carbons (Fsp3) is 0.533. The summed E-state index contributed by atoms with van der Waals surface area (Å²) in [6.45, 7) is 9.77. The Kier molecular flexibility index (Phi) is 11.5. The molecule has 0 amide bonds. The second kappa shape index (κ2) is 14.8. The van der Waals surface area contributed by atoms with Gasteiger partial charge in [0, 0.05) is 45.1 Å². The smallest absolute Gasteiger partial charge is 0.303 e. The van der Waals surface area contributed by atoms with Crippen molar-refractivity contribution in [3.05, 3.63) is 52.2 Å². The summed E-state index contributed by atoms with van der Waals surface area (Å²) in [5, 5.41) is 16.5. The summed E-state index contributed by atoms with van der Waals surface area (Å²) >= 11 is 0. The van der Waals surface area contributed by atoms with E-state index in [0.29, 0.717) is 18.7 Å². The van der Waals surface area contributed by atoms with E-state index in [0.717, 1.165) is 27.9 Å². The minimum absolute atomic E-state index is 0.0608. The molecule has 2 aromatic rings. The number of rotatable bonds is 12. The molecule has 0 bridgehead atoms. The Labute approximate surface area is 240 Å². The summed E-state index contributed by atoms with van der Waals surface area (Å²) in [7, 11) is 0. The molecule has 0 spiro atoms. The van der Waals surface area contributed by atoms with Crippen LogP contribution in [0.25, 0.3) is 6.08 Å². The third kappa shape index (κ3) is 9.15. The van der Waals surface area contributed by atoms with Crippen molar-refractivity contribution in [1.29, 1.82) is 0 Å². The fourth-order valence-corrected chi connectivity index (χ4v) is 4.71. The Morgan fingerprint density at radius 2 is 1.88 bits per heavy atom. The monoisotopic (exact) mass is 572 g/mol. The molecular formula is C30H40N2O9. The number of hydrogen-bond acceptors (Lipinski definition) is 10. The molecule has 11 heteroatoms. The zero-order valence-corrected chi connectivity index (χ0v) is 24.5. The first-order chi connectivity index (χ1) is 19.5. The summed E-state index contributed by atoms with van der Waals surface area (Å²) in [5.74, 6) is -1.23. The van der Waals surface area contributed by atoms with E-state index in [1.54, 1.807) is 0 Å². The van der Waals surface area contributed by atoms with Crippen LogP contribution in [-0.4, -0.2) is 71.0 Å². The summed E-state index contributed by atoms with van der Waals surface area (Å²) in [4.78, 5) is 35.2. The largest absolute Gasteiger partial charge is 0.463 e. The van der Waals surface area contributed by atoms with E-state index < -0.39 is 42.5 Å². The number of carbonyl (C=O) groups is 3. The molecule has 1 saturated heterocycles. The van der Waals surface area contributed by atoms with Crippen LogP contribution in [0.4, 0.5) is 0 Å². The van der Waals surface area contributed by atoms with Gasteiger partial charge in [0.15, 0.2) is 6.10 Å². The molecule has 1 fully saturated rings. The predicted molar refractivity (Wildman–Crippen MR) is 149 cm³/mol. The van der Waals surface area contributed by atoms with Gasteiger partial charge < -0.3 is 28.8 Å². The fourth-order valence-electron chi connectivity index (χ4n) is 4.71. The Hall–Kier alpha value is -3.70. The van der Waals surface area contributed by atoms with Gasteiger partial charge in [-0.05, 0) is 36.0 Å². The average molecular weight is 573 g/mol. The standard InChI is InChI=1S/C30H40N2O9/c1-17(2)28-24(14-23-11-10-22(13-18(23)3)9-7-8-12-33)30(32-31-28)41-27-15-25(38-20(5)35)29(39-21(6)36)26(40-27)16-37-19(4)34/h7,9-11,13,17,25-27,29,33H,8,12,14-16H2,1-6H3,(H,31,32)/b9-7+/t25-,26-,27+,29+/m1/s1. The SMILES string of the molecule is CC(=O)OC[C@H]1O[C@@H](Oc2n[nH]c(C(C)C)c2Cc2ccc(/C=C/CCO)cc2C)C[C@@H](OC(C)=O)[C@@H]1OC(C)=O. The lowest BCUT2D eigenvalue weighted by atomic mass is 9.95. The maximum Gasteiger partial charge on any atom is 0.303 e. The zero-order chi connectivity index (χ0) is 30.1. The molecule has 224 valence electrons. The van der Waals surface area contributed by atoms with Crippen molar-refractivity contribution in [2.45, 2.75) is 91.3 Å². The third-order valence-corrected chi connectivity index (χ3v) is 6.58. The molecule has 0 unspecified atom stereocenters.